The number of nitrogens with two attached hydrogens (primary N) is 1. The molecule has 0 saturated carbocycles. The summed E-state index contributed by atoms with van der Waals surface area (Å²) < 4.78 is 0. The fraction of sp³-hybridized carbons (Fsp3) is 0.333. The van der Waals surface area contributed by atoms with Gasteiger partial charge in [-0.15, -0.1) is 11.8 Å². The van der Waals surface area contributed by atoms with E-state index in [4.69, 9.17) is 5.73 Å². The van der Waals surface area contributed by atoms with Crippen LogP contribution in [-0.2, 0) is 0 Å². The van der Waals surface area contributed by atoms with E-state index >= 15 is 0 Å². The molecule has 2 heteroatoms. The van der Waals surface area contributed by atoms with Crippen molar-refractivity contribution in [2.75, 3.05) is 6.26 Å². The summed E-state index contributed by atoms with van der Waals surface area (Å²) in [5.41, 5.74) is 6.93. The van der Waals surface area contributed by atoms with Crippen LogP contribution in [0.25, 0.3) is 0 Å². The quantitative estimate of drug-likeness (QED) is 0.685. The first-order valence-corrected chi connectivity index (χ1v) is 4.86. The largest absolute Gasteiger partial charge is 0.324 e. The van der Waals surface area contributed by atoms with Crippen molar-refractivity contribution >= 4 is 11.8 Å². The first-order chi connectivity index (χ1) is 5.24. The van der Waals surface area contributed by atoms with Crippen LogP contribution in [0.3, 0.4) is 0 Å². The molecule has 0 spiro atoms. The molecule has 2 N–H and O–H groups in total. The normalized spacial score (nSPS) is 13.0. The van der Waals surface area contributed by atoms with Gasteiger partial charge in [0, 0.05) is 10.9 Å². The third kappa shape index (κ3) is 2.24. The fourth-order valence-electron chi connectivity index (χ4n) is 0.925. The van der Waals surface area contributed by atoms with Crippen molar-refractivity contribution in [3.05, 3.63) is 29.8 Å². The molecule has 0 unspecified atom stereocenters. The summed E-state index contributed by atoms with van der Waals surface area (Å²) in [5.74, 6) is 0. The topological polar surface area (TPSA) is 26.0 Å². The average Bonchev–Trinajstić information content (AvgIpc) is 2.05. The zero-order valence-electron chi connectivity index (χ0n) is 6.87. The molecule has 1 nitrogen and oxygen atoms in total. The van der Waals surface area contributed by atoms with Crippen molar-refractivity contribution in [1.29, 1.82) is 0 Å². The summed E-state index contributed by atoms with van der Waals surface area (Å²) in [5, 5.41) is 0. The highest BCUT2D eigenvalue weighted by molar-refractivity contribution is 7.98. The smallest absolute Gasteiger partial charge is 0.0266 e. The van der Waals surface area contributed by atoms with Crippen LogP contribution in [0.2, 0.25) is 0 Å². The van der Waals surface area contributed by atoms with Gasteiger partial charge in [0.15, 0.2) is 0 Å². The van der Waals surface area contributed by atoms with Gasteiger partial charge in [0.25, 0.3) is 0 Å². The molecule has 0 radical (unpaired) electrons. The van der Waals surface area contributed by atoms with E-state index in [2.05, 4.69) is 24.5 Å². The zero-order valence-corrected chi connectivity index (χ0v) is 7.69. The Morgan fingerprint density at radius 3 is 2.73 bits per heavy atom. The molecule has 0 aromatic heterocycles. The number of benzene rings is 1. The zero-order chi connectivity index (χ0) is 8.27. The lowest BCUT2D eigenvalue weighted by atomic mass is 10.1. The Balaban J connectivity index is 2.91. The van der Waals surface area contributed by atoms with Gasteiger partial charge in [-0.3, -0.25) is 0 Å². The molecule has 0 amide bonds. The Hall–Kier alpha value is -0.470. The van der Waals surface area contributed by atoms with Crippen LogP contribution in [0.1, 0.15) is 18.5 Å². The highest BCUT2D eigenvalue weighted by Crippen LogP contribution is 2.18. The summed E-state index contributed by atoms with van der Waals surface area (Å²) in [6.45, 7) is 2.00. The Morgan fingerprint density at radius 2 is 2.18 bits per heavy atom. The Kier molecular flexibility index (Phi) is 2.97. The van der Waals surface area contributed by atoms with Gasteiger partial charge in [-0.1, -0.05) is 12.1 Å². The second kappa shape index (κ2) is 3.79. The molecule has 1 atom stereocenters. The highest BCUT2D eigenvalue weighted by atomic mass is 32.2. The van der Waals surface area contributed by atoms with Crippen LogP contribution in [-0.4, -0.2) is 6.26 Å². The summed E-state index contributed by atoms with van der Waals surface area (Å²) in [4.78, 5) is 1.28. The molecule has 0 saturated heterocycles. The molecule has 1 aromatic carbocycles. The minimum atomic E-state index is 0.141. The maximum Gasteiger partial charge on any atom is 0.0266 e. The maximum absolute atomic E-state index is 5.73. The van der Waals surface area contributed by atoms with Crippen LogP contribution in [0, 0.1) is 0 Å². The lowest BCUT2D eigenvalue weighted by molar-refractivity contribution is 0.815. The molecule has 0 aliphatic carbocycles. The van der Waals surface area contributed by atoms with E-state index in [1.807, 2.05) is 13.0 Å². The van der Waals surface area contributed by atoms with Crippen LogP contribution in [0.4, 0.5) is 0 Å². The Morgan fingerprint density at radius 1 is 1.45 bits per heavy atom. The van der Waals surface area contributed by atoms with Gasteiger partial charge in [-0.05, 0) is 30.9 Å². The minimum absolute atomic E-state index is 0.141. The number of hydrogen-bond donors (Lipinski definition) is 1. The first-order valence-electron chi connectivity index (χ1n) is 3.63. The van der Waals surface area contributed by atoms with E-state index in [0.717, 1.165) is 0 Å². The van der Waals surface area contributed by atoms with E-state index in [-0.39, 0.29) is 6.04 Å². The molecule has 1 aromatic rings. The first kappa shape index (κ1) is 8.62. The number of thioether (sulfide) groups is 1. The van der Waals surface area contributed by atoms with Crippen molar-refractivity contribution in [1.82, 2.24) is 0 Å². The molecule has 1 rings (SSSR count). The van der Waals surface area contributed by atoms with Gasteiger partial charge in [-0.2, -0.15) is 0 Å². The van der Waals surface area contributed by atoms with Crippen molar-refractivity contribution in [2.45, 2.75) is 17.9 Å². The second-order valence-electron chi connectivity index (χ2n) is 2.57. The van der Waals surface area contributed by atoms with Gasteiger partial charge in [-0.25, -0.2) is 0 Å². The third-order valence-electron chi connectivity index (χ3n) is 1.62. The van der Waals surface area contributed by atoms with Crippen LogP contribution in [0.15, 0.2) is 29.2 Å². The molecule has 0 fully saturated rings. The molecule has 0 aliphatic rings. The minimum Gasteiger partial charge on any atom is -0.324 e. The van der Waals surface area contributed by atoms with Crippen LogP contribution < -0.4 is 5.73 Å². The van der Waals surface area contributed by atoms with Crippen molar-refractivity contribution in [2.24, 2.45) is 5.73 Å². The lowest BCUT2D eigenvalue weighted by Gasteiger charge is -2.05. The highest BCUT2D eigenvalue weighted by Gasteiger charge is 1.98. The van der Waals surface area contributed by atoms with Gasteiger partial charge in [0.1, 0.15) is 0 Å². The predicted octanol–water partition coefficient (Wildman–Crippen LogP) is 2.43. The van der Waals surface area contributed by atoms with E-state index < -0.39 is 0 Å². The molecule has 0 bridgehead atoms. The monoisotopic (exact) mass is 167 g/mol. The summed E-state index contributed by atoms with van der Waals surface area (Å²) >= 11 is 1.74. The number of hydrogen-bond acceptors (Lipinski definition) is 2. The molecule has 0 aliphatic heterocycles. The molecular formula is C9H13NS. The summed E-state index contributed by atoms with van der Waals surface area (Å²) in [6.07, 6.45) is 2.07. The lowest BCUT2D eigenvalue weighted by Crippen LogP contribution is -2.04. The summed E-state index contributed by atoms with van der Waals surface area (Å²) in [7, 11) is 0. The van der Waals surface area contributed by atoms with Crippen molar-refractivity contribution in [3.8, 4) is 0 Å². The van der Waals surface area contributed by atoms with E-state index in [0.29, 0.717) is 0 Å². The van der Waals surface area contributed by atoms with Gasteiger partial charge >= 0.3 is 0 Å². The Bertz CT molecular complexity index is 233. The van der Waals surface area contributed by atoms with E-state index in [1.54, 1.807) is 11.8 Å². The fourth-order valence-corrected chi connectivity index (χ4v) is 1.39. The average molecular weight is 167 g/mol. The van der Waals surface area contributed by atoms with Crippen LogP contribution >= 0.6 is 11.8 Å². The molecule has 60 valence electrons. The Labute approximate surface area is 72.0 Å². The SMILES string of the molecule is CSc1cccc([C@@H](C)N)c1. The molecule has 0 heterocycles. The molecular weight excluding hydrogens is 154 g/mol. The predicted molar refractivity (Wildman–Crippen MR) is 50.8 cm³/mol. The van der Waals surface area contributed by atoms with Gasteiger partial charge < -0.3 is 5.73 Å². The number of rotatable bonds is 2. The van der Waals surface area contributed by atoms with E-state index in [1.165, 1.54) is 10.5 Å². The maximum atomic E-state index is 5.73. The molecule has 11 heavy (non-hydrogen) atoms. The van der Waals surface area contributed by atoms with Crippen molar-refractivity contribution in [3.63, 3.8) is 0 Å². The van der Waals surface area contributed by atoms with E-state index in [9.17, 15) is 0 Å². The summed E-state index contributed by atoms with van der Waals surface area (Å²) in [6, 6.07) is 8.47. The van der Waals surface area contributed by atoms with Crippen molar-refractivity contribution < 1.29 is 0 Å². The second-order valence-corrected chi connectivity index (χ2v) is 3.44. The van der Waals surface area contributed by atoms with Gasteiger partial charge in [0.2, 0.25) is 0 Å². The third-order valence-corrected chi connectivity index (χ3v) is 2.34. The van der Waals surface area contributed by atoms with Crippen LogP contribution in [0.5, 0.6) is 0 Å². The standard InChI is InChI=1S/C9H13NS/c1-7(10)8-4-3-5-9(6-8)11-2/h3-7H,10H2,1-2H3/t7-/m1/s1. The van der Waals surface area contributed by atoms with Gasteiger partial charge in [0.05, 0.1) is 0 Å².